The van der Waals surface area contributed by atoms with E-state index in [2.05, 4.69) is 31.8 Å². The van der Waals surface area contributed by atoms with Crippen LogP contribution in [0.2, 0.25) is 0 Å². The standard InChI is InChI=1S/C19H23N5O/c1-25-13-16-10-14(11-20)6-7-17(16)23-8-2-4-15(12-23)19-22-21-18-5-3-9-24(18)19/h6-7,10,15H,2-5,8-9,12-13H2,1H3. The Hall–Kier alpha value is -2.39. The third-order valence-corrected chi connectivity index (χ3v) is 5.27. The summed E-state index contributed by atoms with van der Waals surface area (Å²) in [6, 6.07) is 8.12. The summed E-state index contributed by atoms with van der Waals surface area (Å²) in [7, 11) is 1.70. The lowest BCUT2D eigenvalue weighted by atomic mass is 9.95. The van der Waals surface area contributed by atoms with Crippen molar-refractivity contribution in [3.05, 3.63) is 41.0 Å². The van der Waals surface area contributed by atoms with Gasteiger partial charge in [-0.2, -0.15) is 5.26 Å². The van der Waals surface area contributed by atoms with Gasteiger partial charge in [0.15, 0.2) is 0 Å². The molecule has 1 saturated heterocycles. The molecule has 4 rings (SSSR count). The van der Waals surface area contributed by atoms with Crippen LogP contribution in [0.25, 0.3) is 0 Å². The predicted molar refractivity (Wildman–Crippen MR) is 94.4 cm³/mol. The van der Waals surface area contributed by atoms with E-state index in [1.807, 2.05) is 12.1 Å². The number of fused-ring (bicyclic) bond motifs is 1. The highest BCUT2D eigenvalue weighted by atomic mass is 16.5. The monoisotopic (exact) mass is 337 g/mol. The lowest BCUT2D eigenvalue weighted by molar-refractivity contribution is 0.185. The number of ether oxygens (including phenoxy) is 1. The average Bonchev–Trinajstić information content (AvgIpc) is 3.25. The summed E-state index contributed by atoms with van der Waals surface area (Å²) in [5.74, 6) is 2.71. The van der Waals surface area contributed by atoms with E-state index in [1.54, 1.807) is 7.11 Å². The maximum Gasteiger partial charge on any atom is 0.137 e. The van der Waals surface area contributed by atoms with Crippen molar-refractivity contribution in [1.82, 2.24) is 14.8 Å². The van der Waals surface area contributed by atoms with Crippen molar-refractivity contribution in [3.63, 3.8) is 0 Å². The van der Waals surface area contributed by atoms with E-state index >= 15 is 0 Å². The summed E-state index contributed by atoms with van der Waals surface area (Å²) in [6.07, 6.45) is 4.53. The Morgan fingerprint density at radius 2 is 2.20 bits per heavy atom. The van der Waals surface area contributed by atoms with Crippen LogP contribution in [0.1, 0.15) is 48.0 Å². The number of nitriles is 1. The van der Waals surface area contributed by atoms with Gasteiger partial charge in [-0.15, -0.1) is 10.2 Å². The molecule has 1 fully saturated rings. The van der Waals surface area contributed by atoms with Gasteiger partial charge in [-0.05, 0) is 37.5 Å². The molecule has 0 spiro atoms. The number of hydrogen-bond donors (Lipinski definition) is 0. The van der Waals surface area contributed by atoms with E-state index in [-0.39, 0.29) is 0 Å². The minimum absolute atomic E-state index is 0.416. The minimum Gasteiger partial charge on any atom is -0.380 e. The molecule has 1 aromatic carbocycles. The van der Waals surface area contributed by atoms with Crippen molar-refractivity contribution in [2.24, 2.45) is 0 Å². The Morgan fingerprint density at radius 3 is 3.04 bits per heavy atom. The van der Waals surface area contributed by atoms with Gasteiger partial charge in [0.2, 0.25) is 0 Å². The van der Waals surface area contributed by atoms with Crippen LogP contribution >= 0.6 is 0 Å². The molecule has 0 saturated carbocycles. The summed E-state index contributed by atoms with van der Waals surface area (Å²) in [5, 5.41) is 18.0. The zero-order valence-corrected chi connectivity index (χ0v) is 14.6. The third kappa shape index (κ3) is 3.00. The Morgan fingerprint density at radius 1 is 1.28 bits per heavy atom. The molecule has 0 amide bonds. The molecule has 2 aliphatic heterocycles. The van der Waals surface area contributed by atoms with Crippen molar-refractivity contribution in [1.29, 1.82) is 5.26 Å². The highest BCUT2D eigenvalue weighted by Crippen LogP contribution is 2.33. The van der Waals surface area contributed by atoms with Crippen LogP contribution in [0.3, 0.4) is 0 Å². The maximum atomic E-state index is 9.17. The van der Waals surface area contributed by atoms with E-state index in [9.17, 15) is 0 Å². The van der Waals surface area contributed by atoms with Crippen molar-refractivity contribution in [2.45, 2.75) is 44.8 Å². The van der Waals surface area contributed by atoms with Crippen molar-refractivity contribution >= 4 is 5.69 Å². The van der Waals surface area contributed by atoms with Gasteiger partial charge >= 0.3 is 0 Å². The molecule has 3 heterocycles. The molecule has 0 N–H and O–H groups in total. The van der Waals surface area contributed by atoms with E-state index < -0.39 is 0 Å². The van der Waals surface area contributed by atoms with E-state index in [0.717, 1.165) is 56.1 Å². The van der Waals surface area contributed by atoms with Crippen LogP contribution in [-0.2, 0) is 24.3 Å². The Bertz CT molecular complexity index is 807. The van der Waals surface area contributed by atoms with Gasteiger partial charge < -0.3 is 14.2 Å². The molecular weight excluding hydrogens is 314 g/mol. The fourth-order valence-corrected chi connectivity index (χ4v) is 4.12. The van der Waals surface area contributed by atoms with Gasteiger partial charge in [0.25, 0.3) is 0 Å². The van der Waals surface area contributed by atoms with Gasteiger partial charge in [0.05, 0.1) is 18.2 Å². The number of aromatic nitrogens is 3. The van der Waals surface area contributed by atoms with E-state index in [1.165, 1.54) is 12.1 Å². The number of hydrogen-bond acceptors (Lipinski definition) is 5. The summed E-state index contributed by atoms with van der Waals surface area (Å²) in [5.41, 5.74) is 2.93. The third-order valence-electron chi connectivity index (χ3n) is 5.27. The van der Waals surface area contributed by atoms with Crippen LogP contribution in [0.5, 0.6) is 0 Å². The maximum absolute atomic E-state index is 9.17. The molecule has 6 heteroatoms. The fourth-order valence-electron chi connectivity index (χ4n) is 4.12. The van der Waals surface area contributed by atoms with Gasteiger partial charge in [-0.25, -0.2) is 0 Å². The van der Waals surface area contributed by atoms with Gasteiger partial charge in [-0.1, -0.05) is 0 Å². The molecule has 1 unspecified atom stereocenters. The number of rotatable bonds is 4. The van der Waals surface area contributed by atoms with Crippen LogP contribution < -0.4 is 4.90 Å². The summed E-state index contributed by atoms with van der Waals surface area (Å²) < 4.78 is 7.68. The van der Waals surface area contributed by atoms with Crippen LogP contribution in [0.15, 0.2) is 18.2 Å². The zero-order valence-electron chi connectivity index (χ0n) is 14.6. The quantitative estimate of drug-likeness (QED) is 0.858. The van der Waals surface area contributed by atoms with Crippen molar-refractivity contribution < 1.29 is 4.74 Å². The van der Waals surface area contributed by atoms with E-state index in [4.69, 9.17) is 10.00 Å². The lowest BCUT2D eigenvalue weighted by Gasteiger charge is -2.35. The normalized spacial score (nSPS) is 19.7. The molecule has 2 aliphatic rings. The van der Waals surface area contributed by atoms with Gasteiger partial charge in [-0.3, -0.25) is 0 Å². The number of methoxy groups -OCH3 is 1. The predicted octanol–water partition coefficient (Wildman–Crippen LogP) is 2.63. The Labute approximate surface area is 148 Å². The Balaban J connectivity index is 1.60. The lowest BCUT2D eigenvalue weighted by Crippen LogP contribution is -2.36. The number of aryl methyl sites for hydroxylation is 1. The summed E-state index contributed by atoms with van der Waals surface area (Å²) >= 11 is 0. The Kier molecular flexibility index (Phi) is 4.41. The number of benzene rings is 1. The largest absolute Gasteiger partial charge is 0.380 e. The molecule has 6 nitrogen and oxygen atoms in total. The first-order valence-corrected chi connectivity index (χ1v) is 8.99. The molecule has 2 aromatic rings. The van der Waals surface area contributed by atoms with Crippen molar-refractivity contribution in [3.8, 4) is 6.07 Å². The molecular formula is C19H23N5O. The smallest absolute Gasteiger partial charge is 0.137 e. The molecule has 1 atom stereocenters. The van der Waals surface area contributed by atoms with Gasteiger partial charge in [0, 0.05) is 50.3 Å². The first-order valence-electron chi connectivity index (χ1n) is 8.99. The average molecular weight is 337 g/mol. The topological polar surface area (TPSA) is 67.0 Å². The van der Waals surface area contributed by atoms with Gasteiger partial charge in [0.1, 0.15) is 11.6 Å². The molecule has 0 aliphatic carbocycles. The highest BCUT2D eigenvalue weighted by Gasteiger charge is 2.29. The summed E-state index contributed by atoms with van der Waals surface area (Å²) in [4.78, 5) is 2.42. The van der Waals surface area contributed by atoms with Crippen LogP contribution in [0.4, 0.5) is 5.69 Å². The second-order valence-electron chi connectivity index (χ2n) is 6.90. The SMILES string of the molecule is COCc1cc(C#N)ccc1N1CCCC(c2nnc3n2CCC3)C1. The molecule has 1 aromatic heterocycles. The number of anilines is 1. The van der Waals surface area contributed by atoms with E-state index in [0.29, 0.717) is 18.1 Å². The number of nitrogens with zero attached hydrogens (tertiary/aromatic N) is 5. The van der Waals surface area contributed by atoms with Crippen LogP contribution in [0, 0.1) is 11.3 Å². The number of piperidine rings is 1. The first kappa shape index (κ1) is 16.1. The zero-order chi connectivity index (χ0) is 17.2. The fraction of sp³-hybridized carbons (Fsp3) is 0.526. The van der Waals surface area contributed by atoms with Crippen molar-refractivity contribution in [2.75, 3.05) is 25.1 Å². The second kappa shape index (κ2) is 6.85. The summed E-state index contributed by atoms with van der Waals surface area (Å²) in [6.45, 7) is 3.55. The molecule has 0 radical (unpaired) electrons. The molecule has 25 heavy (non-hydrogen) atoms. The minimum atomic E-state index is 0.416. The molecule has 130 valence electrons. The molecule has 0 bridgehead atoms. The first-order chi connectivity index (χ1) is 12.3. The second-order valence-corrected chi connectivity index (χ2v) is 6.90. The highest BCUT2D eigenvalue weighted by molar-refractivity contribution is 5.57. The van der Waals surface area contributed by atoms with Crippen LogP contribution in [-0.4, -0.2) is 35.0 Å².